The Morgan fingerprint density at radius 1 is 1.03 bits per heavy atom. The van der Waals surface area contributed by atoms with Crippen LogP contribution in [-0.2, 0) is 4.79 Å². The molecule has 2 saturated heterocycles. The van der Waals surface area contributed by atoms with Crippen molar-refractivity contribution in [2.75, 3.05) is 37.7 Å². The van der Waals surface area contributed by atoms with Crippen LogP contribution < -0.4 is 4.90 Å². The van der Waals surface area contributed by atoms with E-state index >= 15 is 0 Å². The summed E-state index contributed by atoms with van der Waals surface area (Å²) in [5.74, 6) is -0.324. The van der Waals surface area contributed by atoms with Crippen LogP contribution in [-0.4, -0.2) is 58.7 Å². The van der Waals surface area contributed by atoms with Gasteiger partial charge < -0.3 is 4.90 Å². The summed E-state index contributed by atoms with van der Waals surface area (Å²) < 4.78 is 0. The SMILES string of the molecule is Cc1ccccc1N1CCN(CN2C(=O)S/C(=C/c3ccc([N+](=O)[O-])cc3)C2=O)CC1. The van der Waals surface area contributed by atoms with Crippen LogP contribution in [0.5, 0.6) is 0 Å². The molecule has 2 aromatic rings. The molecule has 2 aliphatic heterocycles. The van der Waals surface area contributed by atoms with E-state index in [0.717, 1.165) is 37.9 Å². The van der Waals surface area contributed by atoms with E-state index in [2.05, 4.69) is 28.9 Å². The molecular weight excluding hydrogens is 416 g/mol. The lowest BCUT2D eigenvalue weighted by atomic mass is 10.1. The summed E-state index contributed by atoms with van der Waals surface area (Å²) in [4.78, 5) is 41.5. The smallest absolute Gasteiger partial charge is 0.294 e. The van der Waals surface area contributed by atoms with Crippen molar-refractivity contribution >= 4 is 40.4 Å². The van der Waals surface area contributed by atoms with Crippen molar-refractivity contribution in [1.29, 1.82) is 0 Å². The molecule has 2 amide bonds. The number of benzene rings is 2. The Morgan fingerprint density at radius 3 is 2.35 bits per heavy atom. The highest BCUT2D eigenvalue weighted by Crippen LogP contribution is 2.33. The van der Waals surface area contributed by atoms with Crippen LogP contribution in [0.2, 0.25) is 0 Å². The van der Waals surface area contributed by atoms with Crippen molar-refractivity contribution in [3.05, 3.63) is 74.7 Å². The molecule has 0 spiro atoms. The number of thioether (sulfide) groups is 1. The average Bonchev–Trinajstić information content (AvgIpc) is 3.02. The van der Waals surface area contributed by atoms with Crippen molar-refractivity contribution in [2.24, 2.45) is 0 Å². The number of nitro groups is 1. The van der Waals surface area contributed by atoms with Gasteiger partial charge in [-0.3, -0.25) is 29.5 Å². The molecule has 2 heterocycles. The minimum atomic E-state index is -0.476. The number of rotatable bonds is 5. The number of nitro benzene ring substituents is 1. The fourth-order valence-corrected chi connectivity index (χ4v) is 4.55. The standard InChI is InChI=1S/C22H22N4O4S/c1-16-4-2-3-5-19(16)24-12-10-23(11-13-24)15-25-21(27)20(31-22(25)28)14-17-6-8-18(9-7-17)26(29)30/h2-9,14H,10-13,15H2,1H3/b20-14+. The van der Waals surface area contributed by atoms with E-state index < -0.39 is 4.92 Å². The van der Waals surface area contributed by atoms with Gasteiger partial charge in [0.05, 0.1) is 16.5 Å². The number of carbonyl (C=O) groups is 2. The molecule has 0 bridgehead atoms. The van der Waals surface area contributed by atoms with E-state index in [4.69, 9.17) is 0 Å². The second kappa shape index (κ2) is 8.91. The first-order valence-corrected chi connectivity index (χ1v) is 10.8. The number of non-ortho nitro benzene ring substituents is 1. The number of piperazine rings is 1. The molecule has 2 aromatic carbocycles. The predicted molar refractivity (Wildman–Crippen MR) is 121 cm³/mol. The van der Waals surface area contributed by atoms with Crippen LogP contribution in [0.25, 0.3) is 6.08 Å². The topological polar surface area (TPSA) is 87.0 Å². The van der Waals surface area contributed by atoms with E-state index in [-0.39, 0.29) is 23.5 Å². The van der Waals surface area contributed by atoms with Crippen molar-refractivity contribution < 1.29 is 14.5 Å². The number of imide groups is 1. The van der Waals surface area contributed by atoms with E-state index in [1.807, 2.05) is 12.1 Å². The van der Waals surface area contributed by atoms with Crippen LogP contribution in [0, 0.1) is 17.0 Å². The van der Waals surface area contributed by atoms with Crippen molar-refractivity contribution in [2.45, 2.75) is 6.92 Å². The number of anilines is 1. The lowest BCUT2D eigenvalue weighted by Gasteiger charge is -2.37. The molecule has 0 saturated carbocycles. The molecule has 31 heavy (non-hydrogen) atoms. The fourth-order valence-electron chi connectivity index (χ4n) is 3.71. The maximum absolute atomic E-state index is 12.8. The summed E-state index contributed by atoms with van der Waals surface area (Å²) in [7, 11) is 0. The number of para-hydroxylation sites is 1. The Bertz CT molecular complexity index is 1050. The van der Waals surface area contributed by atoms with Crippen molar-refractivity contribution in [1.82, 2.24) is 9.80 Å². The Morgan fingerprint density at radius 2 is 1.71 bits per heavy atom. The number of nitrogens with zero attached hydrogens (tertiary/aromatic N) is 4. The van der Waals surface area contributed by atoms with Gasteiger partial charge in [-0.1, -0.05) is 18.2 Å². The summed E-state index contributed by atoms with van der Waals surface area (Å²) in [5.41, 5.74) is 3.08. The van der Waals surface area contributed by atoms with Gasteiger partial charge in [0.25, 0.3) is 16.8 Å². The molecule has 0 N–H and O–H groups in total. The third kappa shape index (κ3) is 4.62. The second-order valence-electron chi connectivity index (χ2n) is 7.49. The molecule has 2 fully saturated rings. The molecule has 2 aliphatic rings. The summed E-state index contributed by atoms with van der Waals surface area (Å²) in [6.45, 7) is 5.55. The number of amides is 2. The first-order valence-electron chi connectivity index (χ1n) is 9.95. The molecule has 9 heteroatoms. The van der Waals surface area contributed by atoms with Gasteiger partial charge in [0.1, 0.15) is 0 Å². The molecule has 0 aromatic heterocycles. The highest BCUT2D eigenvalue weighted by Gasteiger charge is 2.36. The normalized spacial score (nSPS) is 18.8. The first-order chi connectivity index (χ1) is 14.9. The largest absolute Gasteiger partial charge is 0.369 e. The molecule has 0 aliphatic carbocycles. The Labute approximate surface area is 184 Å². The van der Waals surface area contributed by atoms with Crippen molar-refractivity contribution in [3.8, 4) is 0 Å². The third-order valence-corrected chi connectivity index (χ3v) is 6.35. The molecule has 4 rings (SSSR count). The van der Waals surface area contributed by atoms with Crippen LogP contribution in [0.15, 0.2) is 53.4 Å². The van der Waals surface area contributed by atoms with Gasteiger partial charge in [-0.25, -0.2) is 0 Å². The molecule has 0 atom stereocenters. The fraction of sp³-hybridized carbons (Fsp3) is 0.273. The maximum Gasteiger partial charge on any atom is 0.294 e. The Balaban J connectivity index is 1.37. The van der Waals surface area contributed by atoms with Gasteiger partial charge >= 0.3 is 0 Å². The monoisotopic (exact) mass is 438 g/mol. The van der Waals surface area contributed by atoms with Gasteiger partial charge in [0, 0.05) is 44.0 Å². The predicted octanol–water partition coefficient (Wildman–Crippen LogP) is 3.72. The zero-order chi connectivity index (χ0) is 22.0. The second-order valence-corrected chi connectivity index (χ2v) is 8.48. The first kappa shape index (κ1) is 21.1. The number of hydrogen-bond acceptors (Lipinski definition) is 7. The molecule has 8 nitrogen and oxygen atoms in total. The zero-order valence-electron chi connectivity index (χ0n) is 17.1. The van der Waals surface area contributed by atoms with Crippen LogP contribution in [0.3, 0.4) is 0 Å². The number of aryl methyl sites for hydroxylation is 1. The van der Waals surface area contributed by atoms with E-state index in [1.165, 1.54) is 28.3 Å². The zero-order valence-corrected chi connectivity index (χ0v) is 17.9. The molecule has 0 unspecified atom stereocenters. The summed E-state index contributed by atoms with van der Waals surface area (Å²) >= 11 is 0.903. The summed E-state index contributed by atoms with van der Waals surface area (Å²) in [6.07, 6.45) is 1.60. The van der Waals surface area contributed by atoms with Gasteiger partial charge in [0.15, 0.2) is 0 Å². The van der Waals surface area contributed by atoms with Gasteiger partial charge in [-0.15, -0.1) is 0 Å². The molecular formula is C22H22N4O4S. The van der Waals surface area contributed by atoms with Crippen LogP contribution in [0.1, 0.15) is 11.1 Å². The summed E-state index contributed by atoms with van der Waals surface area (Å²) in [6, 6.07) is 14.2. The van der Waals surface area contributed by atoms with Gasteiger partial charge in [-0.05, 0) is 54.1 Å². The van der Waals surface area contributed by atoms with Crippen LogP contribution in [0.4, 0.5) is 16.2 Å². The quantitative estimate of drug-likeness (QED) is 0.399. The summed E-state index contributed by atoms with van der Waals surface area (Å²) in [5, 5.41) is 10.5. The highest BCUT2D eigenvalue weighted by atomic mass is 32.2. The van der Waals surface area contributed by atoms with Crippen LogP contribution >= 0.6 is 11.8 Å². The van der Waals surface area contributed by atoms with Crippen molar-refractivity contribution in [3.63, 3.8) is 0 Å². The van der Waals surface area contributed by atoms with E-state index in [9.17, 15) is 19.7 Å². The minimum absolute atomic E-state index is 0.0184. The maximum atomic E-state index is 12.8. The van der Waals surface area contributed by atoms with E-state index in [0.29, 0.717) is 10.5 Å². The van der Waals surface area contributed by atoms with E-state index in [1.54, 1.807) is 18.2 Å². The Kier molecular flexibility index (Phi) is 6.06. The lowest BCUT2D eigenvalue weighted by molar-refractivity contribution is -0.384. The third-order valence-electron chi connectivity index (χ3n) is 5.45. The molecule has 160 valence electrons. The average molecular weight is 439 g/mol. The number of carbonyl (C=O) groups excluding carboxylic acids is 2. The van der Waals surface area contributed by atoms with Gasteiger partial charge in [0.2, 0.25) is 0 Å². The lowest BCUT2D eigenvalue weighted by Crippen LogP contribution is -2.51. The Hall–Kier alpha value is -3.17. The minimum Gasteiger partial charge on any atom is -0.369 e. The molecule has 0 radical (unpaired) electrons. The highest BCUT2D eigenvalue weighted by molar-refractivity contribution is 8.18. The number of hydrogen-bond donors (Lipinski definition) is 0. The van der Waals surface area contributed by atoms with Gasteiger partial charge in [-0.2, -0.15) is 0 Å².